The van der Waals surface area contributed by atoms with Gasteiger partial charge in [-0.15, -0.1) is 0 Å². The highest BCUT2D eigenvalue weighted by Crippen LogP contribution is 2.27. The predicted octanol–water partition coefficient (Wildman–Crippen LogP) is 4.13. The molecule has 0 amide bonds. The number of benzene rings is 2. The molecule has 0 bridgehead atoms. The van der Waals surface area contributed by atoms with Crippen molar-refractivity contribution in [2.45, 2.75) is 43.7 Å². The first kappa shape index (κ1) is 27.1. The van der Waals surface area contributed by atoms with Crippen LogP contribution in [-0.2, 0) is 22.1 Å². The molecule has 0 aromatic heterocycles. The van der Waals surface area contributed by atoms with Crippen LogP contribution < -0.4 is 10.6 Å². The van der Waals surface area contributed by atoms with Crippen LogP contribution in [0.5, 0.6) is 0 Å². The van der Waals surface area contributed by atoms with Gasteiger partial charge in [-0.3, -0.25) is 14.9 Å². The first-order chi connectivity index (χ1) is 16.7. The third kappa shape index (κ3) is 6.38. The molecule has 0 saturated heterocycles. The minimum absolute atomic E-state index is 0.00984. The van der Waals surface area contributed by atoms with E-state index in [0.29, 0.717) is 27.7 Å². The molecule has 0 spiro atoms. The summed E-state index contributed by atoms with van der Waals surface area (Å²) in [6.45, 7) is 7.16. The molecule has 3 rings (SSSR count). The average Bonchev–Trinajstić information content (AvgIpc) is 2.84. The van der Waals surface area contributed by atoms with Gasteiger partial charge in [0.25, 0.3) is 0 Å². The van der Waals surface area contributed by atoms with Gasteiger partial charge in [0.15, 0.2) is 6.23 Å². The highest BCUT2D eigenvalue weighted by atomic mass is 35.5. The Morgan fingerprint density at radius 1 is 1.23 bits per heavy atom. The average molecular weight is 516 g/mol. The van der Waals surface area contributed by atoms with Gasteiger partial charge in [0, 0.05) is 40.6 Å². The van der Waals surface area contributed by atoms with Crippen molar-refractivity contribution in [1.82, 2.24) is 15.5 Å². The summed E-state index contributed by atoms with van der Waals surface area (Å²) in [5.74, 6) is 0.0594. The van der Waals surface area contributed by atoms with Crippen molar-refractivity contribution >= 4 is 34.0 Å². The molecule has 2 unspecified atom stereocenters. The highest BCUT2D eigenvalue weighted by molar-refractivity contribution is 7.85. The fourth-order valence-electron chi connectivity index (χ4n) is 3.74. The number of nitrogens with one attached hydrogen (secondary N) is 3. The molecule has 1 heterocycles. The molecule has 3 N–H and O–H groups in total. The standard InChI is InChI=1S/C26H34ClN5O2S/c1-16(2)35(33)20-11-12-21(22(27)13-20)23-15-32(6)17(3)24(31-23)26(30-5)34-25(28)19-9-7-18(8-10-19)14-29-4/h7-13,16,26,28-30H,14-15H2,1-6H3. The van der Waals surface area contributed by atoms with Crippen molar-refractivity contribution in [1.29, 1.82) is 5.41 Å². The molecule has 0 aliphatic carbocycles. The number of nitrogens with zero attached hydrogens (tertiary/aromatic N) is 2. The van der Waals surface area contributed by atoms with E-state index in [1.807, 2.05) is 71.3 Å². The zero-order valence-electron chi connectivity index (χ0n) is 21.1. The highest BCUT2D eigenvalue weighted by Gasteiger charge is 2.26. The topological polar surface area (TPSA) is 89.8 Å². The molecule has 9 heteroatoms. The molecule has 1 aliphatic rings. The van der Waals surface area contributed by atoms with Crippen molar-refractivity contribution in [2.75, 3.05) is 27.7 Å². The molecule has 2 atom stereocenters. The monoisotopic (exact) mass is 515 g/mol. The van der Waals surface area contributed by atoms with Crippen LogP contribution in [0.15, 0.2) is 63.7 Å². The van der Waals surface area contributed by atoms with Gasteiger partial charge in [-0.25, -0.2) is 4.99 Å². The fourth-order valence-corrected chi connectivity index (χ4v) is 5.07. The van der Waals surface area contributed by atoms with Gasteiger partial charge in [0.2, 0.25) is 5.90 Å². The molecule has 7 nitrogen and oxygen atoms in total. The lowest BCUT2D eigenvalue weighted by molar-refractivity contribution is 0.188. The Balaban J connectivity index is 1.88. The van der Waals surface area contributed by atoms with Gasteiger partial charge >= 0.3 is 0 Å². The van der Waals surface area contributed by atoms with Crippen molar-refractivity contribution in [3.8, 4) is 0 Å². The molecule has 1 aliphatic heterocycles. The van der Waals surface area contributed by atoms with Crippen LogP contribution in [-0.4, -0.2) is 59.9 Å². The van der Waals surface area contributed by atoms with Crippen LogP contribution in [0.1, 0.15) is 37.5 Å². The van der Waals surface area contributed by atoms with E-state index in [1.54, 1.807) is 13.1 Å². The second-order valence-corrected chi connectivity index (χ2v) is 11.1. The smallest absolute Gasteiger partial charge is 0.215 e. The predicted molar refractivity (Wildman–Crippen MR) is 145 cm³/mol. The van der Waals surface area contributed by atoms with E-state index in [9.17, 15) is 4.21 Å². The Labute approximate surface area is 215 Å². The number of allylic oxidation sites excluding steroid dienone is 1. The molecular formula is C26H34ClN5O2S. The summed E-state index contributed by atoms with van der Waals surface area (Å²) in [7, 11) is 4.55. The Kier molecular flexibility index (Phi) is 9.24. The summed E-state index contributed by atoms with van der Waals surface area (Å²) < 4.78 is 18.5. The Hall–Kier alpha value is -2.52. The number of rotatable bonds is 9. The third-order valence-corrected chi connectivity index (χ3v) is 7.73. The maximum Gasteiger partial charge on any atom is 0.215 e. The van der Waals surface area contributed by atoms with Gasteiger partial charge in [-0.2, -0.15) is 0 Å². The third-order valence-electron chi connectivity index (χ3n) is 5.84. The molecule has 35 heavy (non-hydrogen) atoms. The first-order valence-electron chi connectivity index (χ1n) is 11.5. The molecule has 0 radical (unpaired) electrons. The van der Waals surface area contributed by atoms with Gasteiger partial charge < -0.3 is 15.0 Å². The van der Waals surface area contributed by atoms with E-state index >= 15 is 0 Å². The van der Waals surface area contributed by atoms with Crippen molar-refractivity contribution in [3.63, 3.8) is 0 Å². The lowest BCUT2D eigenvalue weighted by Gasteiger charge is -2.31. The van der Waals surface area contributed by atoms with E-state index < -0.39 is 17.0 Å². The van der Waals surface area contributed by atoms with Gasteiger partial charge in [0.1, 0.15) is 5.70 Å². The van der Waals surface area contributed by atoms with E-state index in [1.165, 1.54) is 0 Å². The number of halogens is 1. The minimum atomic E-state index is -1.12. The zero-order valence-corrected chi connectivity index (χ0v) is 22.7. The first-order valence-corrected chi connectivity index (χ1v) is 13.1. The minimum Gasteiger partial charge on any atom is -0.452 e. The maximum absolute atomic E-state index is 12.5. The van der Waals surface area contributed by atoms with Crippen molar-refractivity contribution in [3.05, 3.63) is 75.6 Å². The Morgan fingerprint density at radius 3 is 2.49 bits per heavy atom. The molecule has 0 fully saturated rings. The molecule has 2 aromatic rings. The van der Waals surface area contributed by atoms with Crippen LogP contribution in [0.3, 0.4) is 0 Å². The molecular weight excluding hydrogens is 482 g/mol. The fraction of sp³-hybridized carbons (Fsp3) is 0.385. The summed E-state index contributed by atoms with van der Waals surface area (Å²) in [6.07, 6.45) is -0.622. The number of ether oxygens (including phenoxy) is 1. The van der Waals surface area contributed by atoms with Crippen LogP contribution in [0.2, 0.25) is 5.02 Å². The number of hydrogen-bond donors (Lipinski definition) is 3. The van der Waals surface area contributed by atoms with E-state index in [4.69, 9.17) is 26.7 Å². The summed E-state index contributed by atoms with van der Waals surface area (Å²) in [5.41, 5.74) is 5.02. The zero-order chi connectivity index (χ0) is 25.7. The summed E-state index contributed by atoms with van der Waals surface area (Å²) in [6, 6.07) is 13.2. The van der Waals surface area contributed by atoms with E-state index in [0.717, 1.165) is 29.1 Å². The van der Waals surface area contributed by atoms with E-state index in [-0.39, 0.29) is 11.1 Å². The van der Waals surface area contributed by atoms with Crippen LogP contribution >= 0.6 is 11.6 Å². The van der Waals surface area contributed by atoms with Gasteiger partial charge in [0.05, 0.1) is 28.1 Å². The Morgan fingerprint density at radius 2 is 1.91 bits per heavy atom. The number of hydrogen-bond acceptors (Lipinski definition) is 7. The quantitative estimate of drug-likeness (QED) is 0.265. The van der Waals surface area contributed by atoms with Gasteiger partial charge in [-0.05, 0) is 50.8 Å². The van der Waals surface area contributed by atoms with Crippen molar-refractivity contribution < 1.29 is 8.95 Å². The summed E-state index contributed by atoms with van der Waals surface area (Å²) in [5, 5.41) is 15.3. The Bertz CT molecular complexity index is 1160. The van der Waals surface area contributed by atoms with Crippen LogP contribution in [0.25, 0.3) is 0 Å². The second-order valence-electron chi connectivity index (χ2n) is 8.72. The van der Waals surface area contributed by atoms with Crippen LogP contribution in [0.4, 0.5) is 0 Å². The van der Waals surface area contributed by atoms with E-state index in [2.05, 4.69) is 15.5 Å². The normalized spacial score (nSPS) is 15.8. The summed E-state index contributed by atoms with van der Waals surface area (Å²) in [4.78, 5) is 7.70. The molecule has 188 valence electrons. The SMILES string of the molecule is CNCc1ccc(C(=N)OC(NC)C2=C(C)N(C)CC(c3ccc(S(=O)C(C)C)cc3Cl)=N2)cc1. The summed E-state index contributed by atoms with van der Waals surface area (Å²) >= 11 is 6.62. The lowest BCUT2D eigenvalue weighted by atomic mass is 10.1. The largest absolute Gasteiger partial charge is 0.452 e. The second kappa shape index (κ2) is 11.9. The number of likely N-dealkylation sites (N-methyl/N-ethyl adjacent to an activating group) is 2. The van der Waals surface area contributed by atoms with Crippen LogP contribution in [0, 0.1) is 5.41 Å². The molecule has 2 aromatic carbocycles. The lowest BCUT2D eigenvalue weighted by Crippen LogP contribution is -2.39. The molecule has 0 saturated carbocycles. The van der Waals surface area contributed by atoms with Gasteiger partial charge in [-0.1, -0.05) is 43.6 Å². The maximum atomic E-state index is 12.5. The number of aliphatic imine (C=N–C) groups is 1. The van der Waals surface area contributed by atoms with Crippen molar-refractivity contribution in [2.24, 2.45) is 4.99 Å².